The van der Waals surface area contributed by atoms with E-state index in [0.717, 1.165) is 43.8 Å². The first-order valence-electron chi connectivity index (χ1n) is 13.3. The molecule has 0 saturated carbocycles. The molecule has 204 valence electrons. The molecule has 3 aromatic rings. The zero-order valence-electron chi connectivity index (χ0n) is 21.7. The van der Waals surface area contributed by atoms with Gasteiger partial charge in [0.2, 0.25) is 0 Å². The van der Waals surface area contributed by atoms with E-state index in [0.29, 0.717) is 48.2 Å². The lowest BCUT2D eigenvalue weighted by Crippen LogP contribution is -2.41. The van der Waals surface area contributed by atoms with Gasteiger partial charge in [0.05, 0.1) is 12.6 Å². The molecule has 5 nitrogen and oxygen atoms in total. The van der Waals surface area contributed by atoms with Crippen LogP contribution in [0.5, 0.6) is 5.75 Å². The fourth-order valence-electron chi connectivity index (χ4n) is 5.65. The van der Waals surface area contributed by atoms with E-state index in [4.69, 9.17) is 4.74 Å². The minimum Gasteiger partial charge on any atom is -0.497 e. The number of benzene rings is 2. The number of carboxylic acid groups (broad SMARTS) is 1. The molecule has 2 aromatic carbocycles. The summed E-state index contributed by atoms with van der Waals surface area (Å²) in [7, 11) is 1.57. The van der Waals surface area contributed by atoms with E-state index in [1.54, 1.807) is 37.6 Å². The second-order valence-corrected chi connectivity index (χ2v) is 10.2. The lowest BCUT2D eigenvalue weighted by molar-refractivity contribution is -0.139. The number of nitrogens with zero attached hydrogens (tertiary/aromatic N) is 2. The Morgan fingerprint density at radius 3 is 2.82 bits per heavy atom. The van der Waals surface area contributed by atoms with Crippen molar-refractivity contribution in [2.75, 3.05) is 26.7 Å². The van der Waals surface area contributed by atoms with Gasteiger partial charge in [-0.2, -0.15) is 0 Å². The minimum atomic E-state index is -1.18. The van der Waals surface area contributed by atoms with Crippen molar-refractivity contribution in [3.8, 4) is 5.75 Å². The first-order chi connectivity index (χ1) is 18.4. The Bertz CT molecular complexity index is 1240. The van der Waals surface area contributed by atoms with Gasteiger partial charge in [-0.15, -0.1) is 0 Å². The third-order valence-corrected chi connectivity index (χ3v) is 7.73. The van der Waals surface area contributed by atoms with Crippen LogP contribution in [0.3, 0.4) is 0 Å². The number of methoxy groups -OCH3 is 1. The lowest BCUT2D eigenvalue weighted by atomic mass is 9.79. The van der Waals surface area contributed by atoms with Crippen LogP contribution in [-0.2, 0) is 11.2 Å². The number of hydrogen-bond donors (Lipinski definition) is 1. The van der Waals surface area contributed by atoms with E-state index in [-0.39, 0.29) is 18.3 Å². The molecule has 0 aliphatic carbocycles. The molecule has 1 aliphatic rings. The van der Waals surface area contributed by atoms with E-state index in [9.17, 15) is 18.7 Å². The van der Waals surface area contributed by atoms with Gasteiger partial charge in [0.15, 0.2) is 11.6 Å². The maximum atomic E-state index is 15.5. The summed E-state index contributed by atoms with van der Waals surface area (Å²) in [5.74, 6) is -1.72. The molecule has 0 unspecified atom stereocenters. The Labute approximate surface area is 221 Å². The summed E-state index contributed by atoms with van der Waals surface area (Å²) in [5.41, 5.74) is 1.67. The van der Waals surface area contributed by atoms with Gasteiger partial charge < -0.3 is 14.7 Å². The van der Waals surface area contributed by atoms with Crippen molar-refractivity contribution in [3.63, 3.8) is 0 Å². The Morgan fingerprint density at radius 1 is 1.18 bits per heavy atom. The highest BCUT2D eigenvalue weighted by Gasteiger charge is 2.31. The molecule has 2 heterocycles. The standard InChI is InChI=1S/C30H35F3N2O3/c1-38-23-9-11-28-25(18-23)24(12-14-34-28)26(31)10-8-20-13-16-35(19-22(20)17-29(36)37)15-3-2-5-21-6-4-7-27(32)30(21)33/h4,6-7,9,11-12,14,18,20,22,26H,2-3,5,8,10,13,15-17,19H2,1H3,(H,36,37)/t20-,22+,26+/m1/s1. The quantitative estimate of drug-likeness (QED) is 0.264. The topological polar surface area (TPSA) is 62.7 Å². The number of aryl methyl sites for hydroxylation is 1. The van der Waals surface area contributed by atoms with E-state index < -0.39 is 23.8 Å². The third-order valence-electron chi connectivity index (χ3n) is 7.73. The number of ether oxygens (including phenoxy) is 1. The highest BCUT2D eigenvalue weighted by atomic mass is 19.2. The monoisotopic (exact) mass is 528 g/mol. The van der Waals surface area contributed by atoms with Crippen molar-refractivity contribution in [1.29, 1.82) is 0 Å². The van der Waals surface area contributed by atoms with Crippen LogP contribution in [0.2, 0.25) is 0 Å². The van der Waals surface area contributed by atoms with Crippen LogP contribution in [0.1, 0.15) is 55.8 Å². The van der Waals surface area contributed by atoms with Gasteiger partial charge in [0.25, 0.3) is 0 Å². The molecule has 1 aliphatic heterocycles. The number of carbonyl (C=O) groups is 1. The Kier molecular flexibility index (Phi) is 9.61. The van der Waals surface area contributed by atoms with E-state index in [1.165, 1.54) is 6.07 Å². The largest absolute Gasteiger partial charge is 0.497 e. The molecule has 1 fully saturated rings. The summed E-state index contributed by atoms with van der Waals surface area (Å²) in [6.07, 6.45) is 4.23. The first-order valence-corrected chi connectivity index (χ1v) is 13.3. The van der Waals surface area contributed by atoms with E-state index in [2.05, 4.69) is 9.88 Å². The maximum absolute atomic E-state index is 15.5. The molecule has 0 radical (unpaired) electrons. The normalized spacial score (nSPS) is 18.9. The molecule has 0 bridgehead atoms. The van der Waals surface area contributed by atoms with E-state index >= 15 is 4.39 Å². The van der Waals surface area contributed by atoms with Crippen LogP contribution in [-0.4, -0.2) is 47.7 Å². The minimum absolute atomic E-state index is 0.0524. The number of likely N-dealkylation sites (tertiary alicyclic amines) is 1. The molecular formula is C30H35F3N2O3. The summed E-state index contributed by atoms with van der Waals surface area (Å²) in [5, 5.41) is 10.2. The smallest absolute Gasteiger partial charge is 0.303 e. The fourth-order valence-corrected chi connectivity index (χ4v) is 5.65. The third kappa shape index (κ3) is 7.04. The predicted molar refractivity (Wildman–Crippen MR) is 141 cm³/mol. The molecule has 1 saturated heterocycles. The number of fused-ring (bicyclic) bond motifs is 1. The summed E-state index contributed by atoms with van der Waals surface area (Å²) in [4.78, 5) is 18.2. The summed E-state index contributed by atoms with van der Waals surface area (Å²) in [6, 6.07) is 11.4. The average Bonchev–Trinajstić information content (AvgIpc) is 2.91. The number of pyridine rings is 1. The number of piperidine rings is 1. The number of rotatable bonds is 12. The highest BCUT2D eigenvalue weighted by molar-refractivity contribution is 5.83. The molecule has 1 N–H and O–H groups in total. The van der Waals surface area contributed by atoms with Gasteiger partial charge >= 0.3 is 5.97 Å². The molecule has 0 amide bonds. The number of aliphatic carboxylic acids is 1. The zero-order chi connectivity index (χ0) is 27.1. The summed E-state index contributed by atoms with van der Waals surface area (Å²) < 4.78 is 48.1. The number of aromatic nitrogens is 1. The Morgan fingerprint density at radius 2 is 2.03 bits per heavy atom. The Hall–Kier alpha value is -3.13. The van der Waals surface area contributed by atoms with Crippen molar-refractivity contribution < 1.29 is 27.8 Å². The summed E-state index contributed by atoms with van der Waals surface area (Å²) in [6.45, 7) is 2.25. The van der Waals surface area contributed by atoms with Gasteiger partial charge in [-0.3, -0.25) is 9.78 Å². The van der Waals surface area contributed by atoms with Crippen molar-refractivity contribution in [3.05, 3.63) is 71.4 Å². The van der Waals surface area contributed by atoms with Crippen LogP contribution in [0, 0.1) is 23.5 Å². The van der Waals surface area contributed by atoms with Gasteiger partial charge in [-0.05, 0) is 105 Å². The Balaban J connectivity index is 1.31. The van der Waals surface area contributed by atoms with Crippen molar-refractivity contribution in [1.82, 2.24) is 9.88 Å². The van der Waals surface area contributed by atoms with E-state index in [1.807, 2.05) is 6.07 Å². The second-order valence-electron chi connectivity index (χ2n) is 10.2. The van der Waals surface area contributed by atoms with Crippen LogP contribution in [0.4, 0.5) is 13.2 Å². The van der Waals surface area contributed by atoms with Crippen molar-refractivity contribution in [2.24, 2.45) is 11.8 Å². The SMILES string of the molecule is COc1ccc2nccc([C@@H](F)CC[C@@H]3CCN(CCCCc4cccc(F)c4F)C[C@@H]3CC(=O)O)c2c1. The first kappa shape index (κ1) is 27.9. The molecule has 0 spiro atoms. The van der Waals surface area contributed by atoms with Crippen LogP contribution in [0.15, 0.2) is 48.7 Å². The molecule has 4 rings (SSSR count). The number of alkyl halides is 1. The van der Waals surface area contributed by atoms with Gasteiger partial charge in [0, 0.05) is 24.5 Å². The number of unbranched alkanes of at least 4 members (excludes halogenated alkanes) is 1. The second kappa shape index (κ2) is 13.1. The predicted octanol–water partition coefficient (Wildman–Crippen LogP) is 6.75. The average molecular weight is 529 g/mol. The number of halogens is 3. The fraction of sp³-hybridized carbons (Fsp3) is 0.467. The van der Waals surface area contributed by atoms with Crippen LogP contribution < -0.4 is 4.74 Å². The molecular weight excluding hydrogens is 493 g/mol. The zero-order valence-corrected chi connectivity index (χ0v) is 21.7. The van der Waals surface area contributed by atoms with Crippen LogP contribution in [0.25, 0.3) is 10.9 Å². The summed E-state index contributed by atoms with van der Waals surface area (Å²) >= 11 is 0. The molecule has 1 aromatic heterocycles. The number of hydrogen-bond acceptors (Lipinski definition) is 4. The maximum Gasteiger partial charge on any atom is 0.303 e. The highest BCUT2D eigenvalue weighted by Crippen LogP contribution is 2.36. The van der Waals surface area contributed by atoms with Crippen molar-refractivity contribution >= 4 is 16.9 Å². The van der Waals surface area contributed by atoms with Crippen molar-refractivity contribution in [2.45, 2.75) is 51.1 Å². The molecule has 38 heavy (non-hydrogen) atoms. The van der Waals surface area contributed by atoms with Crippen LogP contribution >= 0.6 is 0 Å². The lowest BCUT2D eigenvalue weighted by Gasteiger charge is -2.38. The van der Waals surface area contributed by atoms with Gasteiger partial charge in [-0.25, -0.2) is 13.2 Å². The van der Waals surface area contributed by atoms with Gasteiger partial charge in [-0.1, -0.05) is 12.1 Å². The number of carboxylic acids is 1. The van der Waals surface area contributed by atoms with Gasteiger partial charge in [0.1, 0.15) is 11.9 Å². The molecule has 3 atom stereocenters. The molecule has 8 heteroatoms.